The first-order valence-corrected chi connectivity index (χ1v) is 8.65. The average Bonchev–Trinajstić information content (AvgIpc) is 2.60. The maximum Gasteiger partial charge on any atom is 0.265 e. The van der Waals surface area contributed by atoms with E-state index >= 15 is 0 Å². The minimum absolute atomic E-state index is 0.170. The number of carbonyl (C=O) groups excluding carboxylic acids is 1. The molecule has 2 aromatic carbocycles. The molecule has 5 heteroatoms. The van der Waals surface area contributed by atoms with Crippen molar-refractivity contribution < 1.29 is 14.3 Å². The topological polar surface area (TPSA) is 47.6 Å². The Kier molecular flexibility index (Phi) is 6.35. The molecule has 0 aromatic heterocycles. The lowest BCUT2D eigenvalue weighted by atomic mass is 10.2. The monoisotopic (exact) mass is 331 g/mol. The first-order chi connectivity index (χ1) is 11.2. The van der Waals surface area contributed by atoms with Gasteiger partial charge in [-0.05, 0) is 43.0 Å². The predicted octanol–water partition coefficient (Wildman–Crippen LogP) is 4.21. The zero-order valence-electron chi connectivity index (χ0n) is 13.5. The number of hydrogen-bond donors (Lipinski definition) is 1. The van der Waals surface area contributed by atoms with Gasteiger partial charge in [0.25, 0.3) is 5.91 Å². The molecule has 0 saturated carbocycles. The predicted molar refractivity (Wildman–Crippen MR) is 94.6 cm³/mol. The van der Waals surface area contributed by atoms with Gasteiger partial charge in [-0.1, -0.05) is 25.1 Å². The molecule has 0 unspecified atom stereocenters. The molecule has 0 spiro atoms. The Balaban J connectivity index is 2.09. The third-order valence-electron chi connectivity index (χ3n) is 3.34. The maximum absolute atomic E-state index is 12.5. The summed E-state index contributed by atoms with van der Waals surface area (Å²) in [5.41, 5.74) is 0.768. The van der Waals surface area contributed by atoms with Gasteiger partial charge in [-0.25, -0.2) is 0 Å². The van der Waals surface area contributed by atoms with Gasteiger partial charge in [0.15, 0.2) is 17.6 Å². The molecule has 122 valence electrons. The molecule has 1 N–H and O–H groups in total. The lowest BCUT2D eigenvalue weighted by Crippen LogP contribution is -2.32. The molecule has 0 saturated heterocycles. The van der Waals surface area contributed by atoms with Crippen LogP contribution in [0, 0.1) is 0 Å². The number of rotatable bonds is 7. The van der Waals surface area contributed by atoms with Crippen LogP contribution in [0.15, 0.2) is 53.4 Å². The van der Waals surface area contributed by atoms with Crippen LogP contribution in [0.2, 0.25) is 0 Å². The summed E-state index contributed by atoms with van der Waals surface area (Å²) in [7, 11) is 1.58. The van der Waals surface area contributed by atoms with Gasteiger partial charge in [0, 0.05) is 10.6 Å². The van der Waals surface area contributed by atoms with Crippen molar-refractivity contribution >= 4 is 23.4 Å². The van der Waals surface area contributed by atoms with Gasteiger partial charge in [-0.2, -0.15) is 0 Å². The van der Waals surface area contributed by atoms with E-state index in [0.717, 1.165) is 10.6 Å². The minimum Gasteiger partial charge on any atom is -0.493 e. The van der Waals surface area contributed by atoms with Crippen LogP contribution in [-0.2, 0) is 4.79 Å². The number of methoxy groups -OCH3 is 1. The van der Waals surface area contributed by atoms with E-state index < -0.39 is 6.10 Å². The lowest BCUT2D eigenvalue weighted by Gasteiger charge is -2.19. The SMILES string of the molecule is CC[C@@H](Oc1ccccc1OC)C(=O)Nc1cccc(SC)c1. The highest BCUT2D eigenvalue weighted by Gasteiger charge is 2.20. The number of amides is 1. The molecule has 0 aliphatic carbocycles. The second kappa shape index (κ2) is 8.48. The van der Waals surface area contributed by atoms with Crippen LogP contribution in [-0.4, -0.2) is 25.4 Å². The molecular weight excluding hydrogens is 310 g/mol. The van der Waals surface area contributed by atoms with Crippen molar-refractivity contribution in [2.45, 2.75) is 24.3 Å². The highest BCUT2D eigenvalue weighted by atomic mass is 32.2. The number of carbonyl (C=O) groups is 1. The van der Waals surface area contributed by atoms with E-state index in [4.69, 9.17) is 9.47 Å². The number of nitrogens with one attached hydrogen (secondary N) is 1. The Bertz CT molecular complexity index is 660. The zero-order chi connectivity index (χ0) is 16.7. The summed E-state index contributed by atoms with van der Waals surface area (Å²) in [6.07, 6.45) is 1.98. The largest absolute Gasteiger partial charge is 0.493 e. The van der Waals surface area contributed by atoms with Crippen molar-refractivity contribution in [3.63, 3.8) is 0 Å². The van der Waals surface area contributed by atoms with Gasteiger partial charge in [0.2, 0.25) is 0 Å². The molecule has 0 aliphatic rings. The summed E-state index contributed by atoms with van der Waals surface area (Å²) in [5.74, 6) is 1.01. The number of thioether (sulfide) groups is 1. The Morgan fingerprint density at radius 2 is 1.91 bits per heavy atom. The summed E-state index contributed by atoms with van der Waals surface area (Å²) in [4.78, 5) is 13.6. The number of ether oxygens (including phenoxy) is 2. The minimum atomic E-state index is -0.579. The van der Waals surface area contributed by atoms with E-state index in [0.29, 0.717) is 17.9 Å². The van der Waals surface area contributed by atoms with E-state index in [1.165, 1.54) is 0 Å². The fraction of sp³-hybridized carbons (Fsp3) is 0.278. The van der Waals surface area contributed by atoms with Crippen LogP contribution in [0.3, 0.4) is 0 Å². The molecule has 0 heterocycles. The fourth-order valence-corrected chi connectivity index (χ4v) is 2.57. The van der Waals surface area contributed by atoms with Crippen molar-refractivity contribution in [3.05, 3.63) is 48.5 Å². The van der Waals surface area contributed by atoms with Gasteiger partial charge in [0.1, 0.15) is 0 Å². The van der Waals surface area contributed by atoms with E-state index in [1.807, 2.05) is 55.6 Å². The molecular formula is C18H21NO3S. The summed E-state index contributed by atoms with van der Waals surface area (Å²) >= 11 is 1.63. The van der Waals surface area contributed by atoms with Gasteiger partial charge in [-0.3, -0.25) is 4.79 Å². The van der Waals surface area contributed by atoms with E-state index in [9.17, 15) is 4.79 Å². The van der Waals surface area contributed by atoms with Crippen molar-refractivity contribution in [2.24, 2.45) is 0 Å². The zero-order valence-corrected chi connectivity index (χ0v) is 14.4. The van der Waals surface area contributed by atoms with Gasteiger partial charge < -0.3 is 14.8 Å². The van der Waals surface area contributed by atoms with Crippen molar-refractivity contribution in [1.29, 1.82) is 0 Å². The normalized spacial score (nSPS) is 11.6. The molecule has 0 bridgehead atoms. The van der Waals surface area contributed by atoms with Crippen LogP contribution in [0.4, 0.5) is 5.69 Å². The Labute approximate surface area is 141 Å². The molecule has 2 aromatic rings. The molecule has 23 heavy (non-hydrogen) atoms. The van der Waals surface area contributed by atoms with Gasteiger partial charge >= 0.3 is 0 Å². The number of hydrogen-bond acceptors (Lipinski definition) is 4. The number of para-hydroxylation sites is 2. The first-order valence-electron chi connectivity index (χ1n) is 7.42. The fourth-order valence-electron chi connectivity index (χ4n) is 2.12. The summed E-state index contributed by atoms with van der Waals surface area (Å²) < 4.78 is 11.1. The summed E-state index contributed by atoms with van der Waals surface area (Å²) in [6.45, 7) is 1.91. The number of benzene rings is 2. The second-order valence-electron chi connectivity index (χ2n) is 4.89. The summed E-state index contributed by atoms with van der Waals surface area (Å²) in [5, 5.41) is 2.91. The van der Waals surface area contributed by atoms with E-state index in [1.54, 1.807) is 24.9 Å². The molecule has 2 rings (SSSR count). The third-order valence-corrected chi connectivity index (χ3v) is 4.06. The smallest absolute Gasteiger partial charge is 0.265 e. The highest BCUT2D eigenvalue weighted by Crippen LogP contribution is 2.27. The van der Waals surface area contributed by atoms with Crippen LogP contribution in [0.25, 0.3) is 0 Å². The van der Waals surface area contributed by atoms with E-state index in [-0.39, 0.29) is 5.91 Å². The lowest BCUT2D eigenvalue weighted by molar-refractivity contribution is -0.122. The maximum atomic E-state index is 12.5. The molecule has 0 fully saturated rings. The quantitative estimate of drug-likeness (QED) is 0.772. The van der Waals surface area contributed by atoms with Crippen molar-refractivity contribution in [1.82, 2.24) is 0 Å². The van der Waals surface area contributed by atoms with Crippen LogP contribution < -0.4 is 14.8 Å². The Morgan fingerprint density at radius 3 is 2.57 bits per heavy atom. The van der Waals surface area contributed by atoms with Gasteiger partial charge in [0.05, 0.1) is 7.11 Å². The molecule has 1 amide bonds. The highest BCUT2D eigenvalue weighted by molar-refractivity contribution is 7.98. The van der Waals surface area contributed by atoms with Crippen LogP contribution in [0.1, 0.15) is 13.3 Å². The Hall–Kier alpha value is -2.14. The average molecular weight is 331 g/mol. The van der Waals surface area contributed by atoms with Crippen molar-refractivity contribution in [3.8, 4) is 11.5 Å². The number of anilines is 1. The molecule has 0 aliphatic heterocycles. The third kappa shape index (κ3) is 4.66. The second-order valence-corrected chi connectivity index (χ2v) is 5.77. The molecule has 4 nitrogen and oxygen atoms in total. The van der Waals surface area contributed by atoms with Crippen molar-refractivity contribution in [2.75, 3.05) is 18.7 Å². The summed E-state index contributed by atoms with van der Waals surface area (Å²) in [6, 6.07) is 15.0. The van der Waals surface area contributed by atoms with E-state index in [2.05, 4.69) is 5.32 Å². The Morgan fingerprint density at radius 1 is 1.17 bits per heavy atom. The van der Waals surface area contributed by atoms with Gasteiger partial charge in [-0.15, -0.1) is 11.8 Å². The van der Waals surface area contributed by atoms with Crippen LogP contribution >= 0.6 is 11.8 Å². The first kappa shape index (κ1) is 17.2. The van der Waals surface area contributed by atoms with Crippen LogP contribution in [0.5, 0.6) is 11.5 Å². The molecule has 1 atom stereocenters. The molecule has 0 radical (unpaired) electrons. The standard InChI is InChI=1S/C18H21NO3S/c1-4-15(22-17-11-6-5-10-16(17)21-2)18(20)19-13-8-7-9-14(12-13)23-3/h5-12,15H,4H2,1-3H3,(H,19,20)/t15-/m1/s1.